The molecule has 1 aromatic carbocycles. The molecule has 4 heterocycles. The normalized spacial score (nSPS) is 28.4. The van der Waals surface area contributed by atoms with Crippen LogP contribution < -0.4 is 35.5 Å². The molecule has 56 heavy (non-hydrogen) atoms. The van der Waals surface area contributed by atoms with Crippen molar-refractivity contribution in [2.45, 2.75) is 111 Å². The van der Waals surface area contributed by atoms with Crippen molar-refractivity contribution in [2.75, 3.05) is 19.4 Å². The van der Waals surface area contributed by atoms with Crippen LogP contribution in [0.3, 0.4) is 0 Å². The van der Waals surface area contributed by atoms with Gasteiger partial charge in [0.15, 0.2) is 0 Å². The van der Waals surface area contributed by atoms with Gasteiger partial charge in [-0.15, -0.1) is 6.58 Å². The molecular formula is C38H49N7O9S2. The van der Waals surface area contributed by atoms with E-state index in [1.54, 1.807) is 26.3 Å². The minimum absolute atomic E-state index is 0.00966. The predicted octanol–water partition coefficient (Wildman–Crippen LogP) is 1.88. The van der Waals surface area contributed by atoms with E-state index in [1.807, 2.05) is 30.0 Å². The Labute approximate surface area is 330 Å². The van der Waals surface area contributed by atoms with Gasteiger partial charge in [-0.3, -0.25) is 23.9 Å². The maximum atomic E-state index is 14.3. The van der Waals surface area contributed by atoms with Crippen LogP contribution in [0, 0.1) is 5.92 Å². The molecular weight excluding hydrogens is 763 g/mol. The summed E-state index contributed by atoms with van der Waals surface area (Å²) in [6.07, 6.45) is 6.21. The number of aromatic nitrogens is 1. The van der Waals surface area contributed by atoms with Gasteiger partial charge >= 0.3 is 6.03 Å². The number of fused-ring (bicyclic) bond motifs is 2. The highest BCUT2D eigenvalue weighted by Gasteiger charge is 2.62. The van der Waals surface area contributed by atoms with Gasteiger partial charge < -0.3 is 35.6 Å². The Kier molecular flexibility index (Phi) is 11.4. The predicted molar refractivity (Wildman–Crippen MR) is 208 cm³/mol. The molecule has 2 saturated carbocycles. The third kappa shape index (κ3) is 8.26. The highest BCUT2D eigenvalue weighted by atomic mass is 32.2. The van der Waals surface area contributed by atoms with E-state index < -0.39 is 62.6 Å². The largest absolute Gasteiger partial charge is 0.497 e. The number of likely N-dealkylation sites (tertiary alicyclic amines) is 1. The van der Waals surface area contributed by atoms with Crippen molar-refractivity contribution in [3.63, 3.8) is 0 Å². The first-order valence-corrected chi connectivity index (χ1v) is 21.8. The summed E-state index contributed by atoms with van der Waals surface area (Å²) in [5.41, 5.74) is -1.54. The van der Waals surface area contributed by atoms with Gasteiger partial charge in [-0.05, 0) is 68.2 Å². The zero-order valence-corrected chi connectivity index (χ0v) is 33.1. The van der Waals surface area contributed by atoms with Crippen molar-refractivity contribution in [1.29, 1.82) is 0 Å². The Morgan fingerprint density at radius 1 is 1.18 bits per heavy atom. The highest BCUT2D eigenvalue weighted by molar-refractivity contribution is 8.00. The Morgan fingerprint density at radius 3 is 2.70 bits per heavy atom. The van der Waals surface area contributed by atoms with E-state index in [0.29, 0.717) is 36.3 Å². The van der Waals surface area contributed by atoms with Gasteiger partial charge in [0.2, 0.25) is 33.6 Å². The SMILES string of the molecule is C=CC1C[C@]1(NC(=O)[C@@H]1C[C@@H](Oc2nccc3cc(OC)ccc23)CN1C(=O)[C@H](CC)NC(=O)CCCC[C@H]1SC[C@H]2NC(=O)N[C@H]21)C(=O)NS(=O)(=O)C1CC1. The molecule has 1 unspecified atom stereocenters. The number of rotatable bonds is 17. The van der Waals surface area contributed by atoms with E-state index in [2.05, 4.69) is 37.6 Å². The molecule has 2 aliphatic carbocycles. The fourth-order valence-electron chi connectivity index (χ4n) is 7.98. The number of nitrogens with zero attached hydrogens (tertiary/aromatic N) is 2. The second-order valence-corrected chi connectivity index (χ2v) is 18.5. The molecule has 6 amide bonds. The number of amides is 6. The quantitative estimate of drug-likeness (QED) is 0.0884. The zero-order valence-electron chi connectivity index (χ0n) is 31.5. The molecule has 0 radical (unpaired) electrons. The van der Waals surface area contributed by atoms with E-state index in [4.69, 9.17) is 9.47 Å². The number of ether oxygens (including phenoxy) is 2. The molecule has 16 nitrogen and oxygen atoms in total. The molecule has 302 valence electrons. The number of unbranched alkanes of at least 4 members (excludes halogenated alkanes) is 1. The average molecular weight is 812 g/mol. The molecule has 1 aromatic heterocycles. The fraction of sp³-hybridized carbons (Fsp3) is 0.579. The average Bonchev–Trinajstić information content (AvgIpc) is 4.04. The van der Waals surface area contributed by atoms with Crippen molar-refractivity contribution in [3.8, 4) is 11.6 Å². The van der Waals surface area contributed by atoms with Crippen molar-refractivity contribution >= 4 is 62.2 Å². The molecule has 5 aliphatic rings. The lowest BCUT2D eigenvalue weighted by Gasteiger charge is -2.29. The first kappa shape index (κ1) is 39.6. The number of hydrogen-bond donors (Lipinski definition) is 5. The van der Waals surface area contributed by atoms with Crippen LogP contribution in [-0.4, -0.2) is 114 Å². The van der Waals surface area contributed by atoms with Crippen LogP contribution in [0.15, 0.2) is 43.1 Å². The number of carbonyl (C=O) groups excluding carboxylic acids is 5. The molecule has 2 aromatic rings. The van der Waals surface area contributed by atoms with E-state index in [9.17, 15) is 32.4 Å². The second kappa shape index (κ2) is 16.1. The number of thioether (sulfide) groups is 1. The van der Waals surface area contributed by atoms with Gasteiger partial charge in [-0.1, -0.05) is 19.4 Å². The van der Waals surface area contributed by atoms with Gasteiger partial charge in [0.25, 0.3) is 5.91 Å². The Morgan fingerprint density at radius 2 is 1.98 bits per heavy atom. The van der Waals surface area contributed by atoms with Crippen LogP contribution >= 0.6 is 11.8 Å². The minimum atomic E-state index is -3.89. The smallest absolute Gasteiger partial charge is 0.315 e. The van der Waals surface area contributed by atoms with Gasteiger partial charge in [0.1, 0.15) is 29.5 Å². The number of methoxy groups -OCH3 is 1. The lowest BCUT2D eigenvalue weighted by atomic mass is 10.0. The molecule has 0 bridgehead atoms. The van der Waals surface area contributed by atoms with Crippen LogP contribution in [-0.2, 0) is 29.2 Å². The number of urea groups is 1. The summed E-state index contributed by atoms with van der Waals surface area (Å²) in [6, 6.07) is 5.28. The van der Waals surface area contributed by atoms with E-state index >= 15 is 0 Å². The summed E-state index contributed by atoms with van der Waals surface area (Å²) in [7, 11) is -2.32. The lowest BCUT2D eigenvalue weighted by molar-refractivity contribution is -0.142. The van der Waals surface area contributed by atoms with Crippen molar-refractivity contribution in [3.05, 3.63) is 43.1 Å². The summed E-state index contributed by atoms with van der Waals surface area (Å²) < 4.78 is 39.3. The van der Waals surface area contributed by atoms with Crippen LogP contribution in [0.25, 0.3) is 10.8 Å². The zero-order chi connectivity index (χ0) is 39.8. The molecule has 18 heteroatoms. The molecule has 0 spiro atoms. The van der Waals surface area contributed by atoms with Crippen LogP contribution in [0.2, 0.25) is 0 Å². The molecule has 7 rings (SSSR count). The van der Waals surface area contributed by atoms with Crippen molar-refractivity contribution in [2.24, 2.45) is 5.92 Å². The van der Waals surface area contributed by atoms with E-state index in [-0.39, 0.29) is 61.5 Å². The van der Waals surface area contributed by atoms with Crippen LogP contribution in [0.4, 0.5) is 4.79 Å². The van der Waals surface area contributed by atoms with E-state index in [0.717, 1.165) is 24.0 Å². The molecule has 3 aliphatic heterocycles. The monoisotopic (exact) mass is 811 g/mol. The highest BCUT2D eigenvalue weighted by Crippen LogP contribution is 2.45. The van der Waals surface area contributed by atoms with Crippen LogP contribution in [0.1, 0.15) is 64.7 Å². The fourth-order valence-corrected chi connectivity index (χ4v) is 10.9. The van der Waals surface area contributed by atoms with Crippen molar-refractivity contribution in [1.82, 2.24) is 35.9 Å². The van der Waals surface area contributed by atoms with Crippen molar-refractivity contribution < 1.29 is 41.9 Å². The Balaban J connectivity index is 1.04. The summed E-state index contributed by atoms with van der Waals surface area (Å²) in [5.74, 6) is -0.957. The Hall–Kier alpha value is -4.58. The number of nitrogens with one attached hydrogen (secondary N) is 5. The maximum absolute atomic E-state index is 14.3. The summed E-state index contributed by atoms with van der Waals surface area (Å²) in [6.45, 7) is 5.53. The molecule has 5 N–H and O–H groups in total. The first-order chi connectivity index (χ1) is 26.8. The van der Waals surface area contributed by atoms with Gasteiger partial charge in [-0.2, -0.15) is 11.8 Å². The third-order valence-electron chi connectivity index (χ3n) is 11.4. The van der Waals surface area contributed by atoms with Gasteiger partial charge in [-0.25, -0.2) is 18.2 Å². The van der Waals surface area contributed by atoms with E-state index in [1.165, 1.54) is 11.0 Å². The number of carbonyl (C=O) groups is 5. The summed E-state index contributed by atoms with van der Waals surface area (Å²) >= 11 is 1.81. The number of sulfonamides is 1. The number of benzene rings is 1. The lowest BCUT2D eigenvalue weighted by Crippen LogP contribution is -2.58. The number of pyridine rings is 1. The second-order valence-electron chi connectivity index (χ2n) is 15.3. The van der Waals surface area contributed by atoms with Crippen LogP contribution in [0.5, 0.6) is 11.6 Å². The first-order valence-electron chi connectivity index (χ1n) is 19.2. The van der Waals surface area contributed by atoms with Gasteiger partial charge in [0.05, 0.1) is 31.0 Å². The third-order valence-corrected chi connectivity index (χ3v) is 14.8. The van der Waals surface area contributed by atoms with Gasteiger partial charge in [0, 0.05) is 41.3 Å². The molecule has 8 atom stereocenters. The Bertz CT molecular complexity index is 2010. The maximum Gasteiger partial charge on any atom is 0.315 e. The molecule has 5 fully saturated rings. The molecule has 3 saturated heterocycles. The topological polar surface area (TPSA) is 214 Å². The standard InChI is InChI=1S/C38H49N7O9S2/c1-4-22-18-38(22,36(49)44-56(51,52)25-11-12-25)43-33(47)29-17-24(54-34-26-13-10-23(53-3)16-21(26)14-15-39-34)19-45(29)35(48)27(5-2)40-31(46)9-7-6-8-30-32-28(20-55-30)41-37(50)42-32/h4,10,13-16,22,24-25,27-30,32H,1,5-9,11-12,17-20H2,2-3H3,(H,40,46)(H,43,47)(H,44,49)(H2,41,42,50)/t22?,24-,27+,28-,29+,30-,32-,38-/m1/s1. The summed E-state index contributed by atoms with van der Waals surface area (Å²) in [5, 5.41) is 12.7. The minimum Gasteiger partial charge on any atom is -0.497 e. The number of hydrogen-bond acceptors (Lipinski definition) is 11. The summed E-state index contributed by atoms with van der Waals surface area (Å²) in [4.78, 5) is 72.7.